The van der Waals surface area contributed by atoms with Gasteiger partial charge < -0.3 is 10.1 Å². The molecule has 25 heavy (non-hydrogen) atoms. The number of amides is 1. The average Bonchev–Trinajstić information content (AvgIpc) is 2.60. The molecule has 2 aromatic rings. The summed E-state index contributed by atoms with van der Waals surface area (Å²) in [5.74, 6) is 0.166. The molecule has 0 saturated heterocycles. The van der Waals surface area contributed by atoms with Crippen molar-refractivity contribution < 1.29 is 14.5 Å². The van der Waals surface area contributed by atoms with Gasteiger partial charge in [-0.15, -0.1) is 0 Å². The Hall–Kier alpha value is -2.89. The van der Waals surface area contributed by atoms with Crippen molar-refractivity contribution in [3.05, 3.63) is 69.8 Å². The molecule has 0 aliphatic rings. The standard InChI is InChI=1S/C19H22N2O4/c1-13(2)11-16(14-7-5-4-6-8-14)20-19(22)15-9-10-18(25-3)17(12-15)21(23)24/h4-10,12-13,16H,11H2,1-3H3,(H,20,22)/t16-/m1/s1. The van der Waals surface area contributed by atoms with E-state index in [1.54, 1.807) is 0 Å². The Balaban J connectivity index is 2.26. The first-order chi connectivity index (χ1) is 11.9. The van der Waals surface area contributed by atoms with Gasteiger partial charge in [-0.2, -0.15) is 0 Å². The van der Waals surface area contributed by atoms with E-state index in [0.717, 1.165) is 12.0 Å². The number of hydrogen-bond acceptors (Lipinski definition) is 4. The van der Waals surface area contributed by atoms with Crippen LogP contribution in [0.4, 0.5) is 5.69 Å². The number of rotatable bonds is 7. The van der Waals surface area contributed by atoms with Crippen LogP contribution in [0.3, 0.4) is 0 Å². The van der Waals surface area contributed by atoms with Crippen LogP contribution in [0.5, 0.6) is 5.75 Å². The van der Waals surface area contributed by atoms with Crippen molar-refractivity contribution >= 4 is 11.6 Å². The third kappa shape index (κ3) is 4.79. The molecule has 0 aliphatic carbocycles. The van der Waals surface area contributed by atoms with Gasteiger partial charge >= 0.3 is 5.69 Å². The topological polar surface area (TPSA) is 81.5 Å². The van der Waals surface area contributed by atoms with E-state index in [9.17, 15) is 14.9 Å². The van der Waals surface area contributed by atoms with Gasteiger partial charge in [-0.05, 0) is 30.0 Å². The van der Waals surface area contributed by atoms with Gasteiger partial charge in [0.15, 0.2) is 5.75 Å². The fourth-order valence-electron chi connectivity index (χ4n) is 2.65. The number of carbonyl (C=O) groups excluding carboxylic acids is 1. The van der Waals surface area contributed by atoms with E-state index in [2.05, 4.69) is 19.2 Å². The molecule has 2 aromatic carbocycles. The summed E-state index contributed by atoms with van der Waals surface area (Å²) in [6.45, 7) is 4.17. The number of nitro benzene ring substituents is 1. The summed E-state index contributed by atoms with van der Waals surface area (Å²) in [5, 5.41) is 14.1. The molecule has 1 amide bonds. The summed E-state index contributed by atoms with van der Waals surface area (Å²) >= 11 is 0. The second-order valence-corrected chi connectivity index (χ2v) is 6.21. The van der Waals surface area contributed by atoms with Crippen molar-refractivity contribution in [2.75, 3.05) is 7.11 Å². The van der Waals surface area contributed by atoms with Gasteiger partial charge in [0.1, 0.15) is 0 Å². The van der Waals surface area contributed by atoms with E-state index in [1.807, 2.05) is 30.3 Å². The lowest BCUT2D eigenvalue weighted by atomic mass is 9.96. The molecule has 0 saturated carbocycles. The van der Waals surface area contributed by atoms with E-state index >= 15 is 0 Å². The molecule has 0 spiro atoms. The minimum atomic E-state index is -0.557. The molecule has 0 aliphatic heterocycles. The monoisotopic (exact) mass is 342 g/mol. The van der Waals surface area contributed by atoms with Crippen LogP contribution in [0.1, 0.15) is 42.2 Å². The number of nitrogens with one attached hydrogen (secondary N) is 1. The number of nitro groups is 1. The first-order valence-corrected chi connectivity index (χ1v) is 8.10. The normalized spacial score (nSPS) is 11.8. The predicted octanol–water partition coefficient (Wildman–Crippen LogP) is 4.12. The molecule has 6 heteroatoms. The van der Waals surface area contributed by atoms with Crippen LogP contribution in [0.2, 0.25) is 0 Å². The Kier molecular flexibility index (Phi) is 6.11. The van der Waals surface area contributed by atoms with Crippen molar-refractivity contribution in [3.8, 4) is 5.75 Å². The van der Waals surface area contributed by atoms with Gasteiger partial charge in [0.2, 0.25) is 0 Å². The van der Waals surface area contributed by atoms with Gasteiger partial charge in [-0.3, -0.25) is 14.9 Å². The predicted molar refractivity (Wildman–Crippen MR) is 95.8 cm³/mol. The third-order valence-electron chi connectivity index (χ3n) is 3.85. The minimum Gasteiger partial charge on any atom is -0.490 e. The smallest absolute Gasteiger partial charge is 0.311 e. The van der Waals surface area contributed by atoms with E-state index in [-0.39, 0.29) is 28.9 Å². The van der Waals surface area contributed by atoms with Crippen LogP contribution in [0.25, 0.3) is 0 Å². The Morgan fingerprint density at radius 1 is 1.20 bits per heavy atom. The van der Waals surface area contributed by atoms with Crippen molar-refractivity contribution in [2.45, 2.75) is 26.3 Å². The number of nitrogens with zero attached hydrogens (tertiary/aromatic N) is 1. The maximum atomic E-state index is 12.6. The van der Waals surface area contributed by atoms with Crippen LogP contribution in [-0.4, -0.2) is 17.9 Å². The van der Waals surface area contributed by atoms with Crippen molar-refractivity contribution in [2.24, 2.45) is 5.92 Å². The Bertz CT molecular complexity index is 744. The zero-order valence-corrected chi connectivity index (χ0v) is 14.6. The van der Waals surface area contributed by atoms with Gasteiger partial charge in [0, 0.05) is 11.6 Å². The summed E-state index contributed by atoms with van der Waals surface area (Å²) in [7, 11) is 1.36. The van der Waals surface area contributed by atoms with Crippen LogP contribution in [0.15, 0.2) is 48.5 Å². The second-order valence-electron chi connectivity index (χ2n) is 6.21. The Morgan fingerprint density at radius 2 is 1.88 bits per heavy atom. The molecule has 1 atom stereocenters. The number of hydrogen-bond donors (Lipinski definition) is 1. The van der Waals surface area contributed by atoms with Crippen LogP contribution >= 0.6 is 0 Å². The zero-order valence-electron chi connectivity index (χ0n) is 14.6. The first kappa shape index (κ1) is 18.4. The molecule has 2 rings (SSSR count). The summed E-state index contributed by atoms with van der Waals surface area (Å²) in [4.78, 5) is 23.2. The average molecular weight is 342 g/mol. The molecule has 0 heterocycles. The van der Waals surface area contributed by atoms with Crippen molar-refractivity contribution in [1.82, 2.24) is 5.32 Å². The zero-order chi connectivity index (χ0) is 18.4. The molecule has 6 nitrogen and oxygen atoms in total. The fraction of sp³-hybridized carbons (Fsp3) is 0.316. The van der Waals surface area contributed by atoms with Gasteiger partial charge in [-0.25, -0.2) is 0 Å². The van der Waals surface area contributed by atoms with E-state index in [4.69, 9.17) is 4.74 Å². The third-order valence-corrected chi connectivity index (χ3v) is 3.85. The number of benzene rings is 2. The van der Waals surface area contributed by atoms with E-state index in [1.165, 1.54) is 25.3 Å². The lowest BCUT2D eigenvalue weighted by Crippen LogP contribution is -2.29. The highest BCUT2D eigenvalue weighted by atomic mass is 16.6. The second kappa shape index (κ2) is 8.28. The lowest BCUT2D eigenvalue weighted by Gasteiger charge is -2.21. The van der Waals surface area contributed by atoms with Gasteiger partial charge in [0.25, 0.3) is 5.91 Å². The fourth-order valence-corrected chi connectivity index (χ4v) is 2.65. The number of carbonyl (C=O) groups is 1. The van der Waals surface area contributed by atoms with Crippen LogP contribution in [-0.2, 0) is 0 Å². The quantitative estimate of drug-likeness (QED) is 0.606. The summed E-state index contributed by atoms with van der Waals surface area (Å²) in [5.41, 5.74) is 1.01. The van der Waals surface area contributed by atoms with Gasteiger partial charge in [-0.1, -0.05) is 44.2 Å². The molecule has 132 valence electrons. The largest absolute Gasteiger partial charge is 0.490 e. The summed E-state index contributed by atoms with van der Waals surface area (Å²) in [6.07, 6.45) is 0.772. The molecule has 0 radical (unpaired) electrons. The maximum absolute atomic E-state index is 12.6. The molecule has 0 fully saturated rings. The van der Waals surface area contributed by atoms with Crippen molar-refractivity contribution in [3.63, 3.8) is 0 Å². The number of methoxy groups -OCH3 is 1. The van der Waals surface area contributed by atoms with E-state index < -0.39 is 4.92 Å². The highest BCUT2D eigenvalue weighted by molar-refractivity contribution is 5.95. The SMILES string of the molecule is COc1ccc(C(=O)N[C@H](CC(C)C)c2ccccc2)cc1[N+](=O)[O-]. The van der Waals surface area contributed by atoms with E-state index in [0.29, 0.717) is 5.92 Å². The Morgan fingerprint density at radius 3 is 2.44 bits per heavy atom. The summed E-state index contributed by atoms with van der Waals surface area (Å²) in [6, 6.07) is 13.7. The highest BCUT2D eigenvalue weighted by Gasteiger charge is 2.21. The van der Waals surface area contributed by atoms with Crippen molar-refractivity contribution in [1.29, 1.82) is 0 Å². The molecule has 1 N–H and O–H groups in total. The van der Waals surface area contributed by atoms with Crippen LogP contribution in [0, 0.1) is 16.0 Å². The lowest BCUT2D eigenvalue weighted by molar-refractivity contribution is -0.385. The minimum absolute atomic E-state index is 0.128. The highest BCUT2D eigenvalue weighted by Crippen LogP contribution is 2.28. The molecular formula is C19H22N2O4. The number of ether oxygens (including phenoxy) is 1. The Labute approximate surface area is 147 Å². The van der Waals surface area contributed by atoms with Gasteiger partial charge in [0.05, 0.1) is 18.1 Å². The molecular weight excluding hydrogens is 320 g/mol. The molecule has 0 unspecified atom stereocenters. The molecule has 0 bridgehead atoms. The molecule has 0 aromatic heterocycles. The van der Waals surface area contributed by atoms with Crippen LogP contribution < -0.4 is 10.1 Å². The summed E-state index contributed by atoms with van der Waals surface area (Å²) < 4.78 is 4.97. The first-order valence-electron chi connectivity index (χ1n) is 8.10. The maximum Gasteiger partial charge on any atom is 0.311 e.